The summed E-state index contributed by atoms with van der Waals surface area (Å²) in [6.45, 7) is 4.18. The highest BCUT2D eigenvalue weighted by atomic mass is 19.1. The Morgan fingerprint density at radius 1 is 1.11 bits per heavy atom. The van der Waals surface area contributed by atoms with Gasteiger partial charge in [-0.25, -0.2) is 8.78 Å². The standard InChI is InChI=1S/C14H14F2N2/c1-9(2)5-11-7-18-14(8-17-11)12-4-3-10(15)6-13(12)16/h3-4,6-9H,5H2,1-2H3. The molecule has 0 fully saturated rings. The molecule has 0 unspecified atom stereocenters. The number of hydrogen-bond donors (Lipinski definition) is 0. The molecule has 0 aliphatic rings. The number of halogens is 2. The molecule has 0 aliphatic heterocycles. The van der Waals surface area contributed by atoms with Gasteiger partial charge in [-0.3, -0.25) is 9.97 Å². The molecule has 1 heterocycles. The van der Waals surface area contributed by atoms with E-state index >= 15 is 0 Å². The van der Waals surface area contributed by atoms with E-state index < -0.39 is 11.6 Å². The molecule has 0 radical (unpaired) electrons. The van der Waals surface area contributed by atoms with Crippen molar-refractivity contribution in [3.8, 4) is 11.3 Å². The molecule has 0 bridgehead atoms. The highest BCUT2D eigenvalue weighted by Crippen LogP contribution is 2.20. The zero-order valence-electron chi connectivity index (χ0n) is 10.3. The first-order valence-corrected chi connectivity index (χ1v) is 5.82. The van der Waals surface area contributed by atoms with Crippen LogP contribution < -0.4 is 0 Å². The Kier molecular flexibility index (Phi) is 3.65. The lowest BCUT2D eigenvalue weighted by molar-refractivity contribution is 0.585. The van der Waals surface area contributed by atoms with Crippen LogP contribution in [0.1, 0.15) is 19.5 Å². The fourth-order valence-electron chi connectivity index (χ4n) is 1.71. The molecule has 0 aliphatic carbocycles. The van der Waals surface area contributed by atoms with Crippen LogP contribution in [0, 0.1) is 17.6 Å². The van der Waals surface area contributed by atoms with Crippen molar-refractivity contribution in [3.63, 3.8) is 0 Å². The van der Waals surface area contributed by atoms with Crippen LogP contribution in [0.4, 0.5) is 8.78 Å². The monoisotopic (exact) mass is 248 g/mol. The van der Waals surface area contributed by atoms with Gasteiger partial charge in [0.2, 0.25) is 0 Å². The topological polar surface area (TPSA) is 25.8 Å². The summed E-state index contributed by atoms with van der Waals surface area (Å²) in [6.07, 6.45) is 3.99. The van der Waals surface area contributed by atoms with Crippen LogP contribution in [0.5, 0.6) is 0 Å². The summed E-state index contributed by atoms with van der Waals surface area (Å²) in [5, 5.41) is 0. The third-order valence-corrected chi connectivity index (χ3v) is 2.53. The number of aromatic nitrogens is 2. The van der Waals surface area contributed by atoms with E-state index in [0.717, 1.165) is 18.2 Å². The molecule has 1 aromatic carbocycles. The molecule has 0 saturated heterocycles. The van der Waals surface area contributed by atoms with Gasteiger partial charge in [0, 0.05) is 17.8 Å². The van der Waals surface area contributed by atoms with Crippen molar-refractivity contribution >= 4 is 0 Å². The van der Waals surface area contributed by atoms with Gasteiger partial charge in [-0.05, 0) is 24.5 Å². The van der Waals surface area contributed by atoms with Gasteiger partial charge in [0.15, 0.2) is 0 Å². The fourth-order valence-corrected chi connectivity index (χ4v) is 1.71. The minimum Gasteiger partial charge on any atom is -0.257 e. The number of nitrogens with zero attached hydrogens (tertiary/aromatic N) is 2. The fraction of sp³-hybridized carbons (Fsp3) is 0.286. The molecule has 0 spiro atoms. The van der Waals surface area contributed by atoms with Crippen molar-refractivity contribution < 1.29 is 8.78 Å². The largest absolute Gasteiger partial charge is 0.257 e. The number of rotatable bonds is 3. The lowest BCUT2D eigenvalue weighted by atomic mass is 10.1. The van der Waals surface area contributed by atoms with Crippen molar-refractivity contribution in [2.75, 3.05) is 0 Å². The highest BCUT2D eigenvalue weighted by molar-refractivity contribution is 5.58. The molecule has 4 heteroatoms. The van der Waals surface area contributed by atoms with Crippen LogP contribution in [-0.2, 0) is 6.42 Å². The van der Waals surface area contributed by atoms with Crippen LogP contribution in [0.15, 0.2) is 30.6 Å². The zero-order chi connectivity index (χ0) is 13.1. The van der Waals surface area contributed by atoms with Crippen LogP contribution in [0.3, 0.4) is 0 Å². The second-order valence-corrected chi connectivity index (χ2v) is 4.62. The van der Waals surface area contributed by atoms with Crippen molar-refractivity contribution in [3.05, 3.63) is 47.9 Å². The summed E-state index contributed by atoms with van der Waals surface area (Å²) >= 11 is 0. The van der Waals surface area contributed by atoms with E-state index in [0.29, 0.717) is 11.6 Å². The maximum absolute atomic E-state index is 13.5. The van der Waals surface area contributed by atoms with Crippen molar-refractivity contribution in [1.29, 1.82) is 0 Å². The minimum absolute atomic E-state index is 0.264. The van der Waals surface area contributed by atoms with Gasteiger partial charge in [-0.15, -0.1) is 0 Å². The summed E-state index contributed by atoms with van der Waals surface area (Å²) in [6, 6.07) is 3.43. The van der Waals surface area contributed by atoms with Gasteiger partial charge in [0.25, 0.3) is 0 Å². The summed E-state index contributed by atoms with van der Waals surface area (Å²) < 4.78 is 26.3. The Bertz CT molecular complexity index is 536. The first-order valence-electron chi connectivity index (χ1n) is 5.82. The first kappa shape index (κ1) is 12.6. The summed E-state index contributed by atoms with van der Waals surface area (Å²) in [7, 11) is 0. The predicted molar refractivity (Wildman–Crippen MR) is 65.9 cm³/mol. The SMILES string of the molecule is CC(C)Cc1cnc(-c2ccc(F)cc2F)cn1. The Balaban J connectivity index is 2.28. The van der Waals surface area contributed by atoms with Gasteiger partial charge in [0.1, 0.15) is 11.6 Å². The van der Waals surface area contributed by atoms with E-state index in [4.69, 9.17) is 0 Å². The van der Waals surface area contributed by atoms with Crippen LogP contribution in [0.25, 0.3) is 11.3 Å². The molecule has 2 aromatic rings. The Morgan fingerprint density at radius 2 is 1.89 bits per heavy atom. The molecule has 2 nitrogen and oxygen atoms in total. The van der Waals surface area contributed by atoms with E-state index in [9.17, 15) is 8.78 Å². The van der Waals surface area contributed by atoms with E-state index in [2.05, 4.69) is 23.8 Å². The molecule has 0 saturated carbocycles. The van der Waals surface area contributed by atoms with Gasteiger partial charge < -0.3 is 0 Å². The quantitative estimate of drug-likeness (QED) is 0.829. The Labute approximate surface area is 105 Å². The van der Waals surface area contributed by atoms with Gasteiger partial charge in [-0.2, -0.15) is 0 Å². The molecule has 2 rings (SSSR count). The maximum atomic E-state index is 13.5. The smallest absolute Gasteiger partial charge is 0.135 e. The lowest BCUT2D eigenvalue weighted by Crippen LogP contribution is -1.99. The van der Waals surface area contributed by atoms with Crippen molar-refractivity contribution in [2.45, 2.75) is 20.3 Å². The van der Waals surface area contributed by atoms with Gasteiger partial charge in [-0.1, -0.05) is 13.8 Å². The molecule has 0 amide bonds. The first-order chi connectivity index (χ1) is 8.56. The molecule has 18 heavy (non-hydrogen) atoms. The third kappa shape index (κ3) is 2.88. The third-order valence-electron chi connectivity index (χ3n) is 2.53. The second kappa shape index (κ2) is 5.21. The number of hydrogen-bond acceptors (Lipinski definition) is 2. The van der Waals surface area contributed by atoms with E-state index in [1.165, 1.54) is 18.3 Å². The van der Waals surface area contributed by atoms with E-state index in [1.807, 2.05) is 0 Å². The second-order valence-electron chi connectivity index (χ2n) is 4.62. The normalized spacial score (nSPS) is 10.9. The van der Waals surface area contributed by atoms with Gasteiger partial charge >= 0.3 is 0 Å². The Morgan fingerprint density at radius 3 is 2.44 bits per heavy atom. The average Bonchev–Trinajstić information content (AvgIpc) is 2.30. The van der Waals surface area contributed by atoms with Crippen LogP contribution in [0.2, 0.25) is 0 Å². The minimum atomic E-state index is -0.624. The summed E-state index contributed by atoms with van der Waals surface area (Å²) in [5.74, 6) is -0.728. The lowest BCUT2D eigenvalue weighted by Gasteiger charge is -2.05. The maximum Gasteiger partial charge on any atom is 0.135 e. The molecular weight excluding hydrogens is 234 g/mol. The van der Waals surface area contributed by atoms with Crippen molar-refractivity contribution in [2.24, 2.45) is 5.92 Å². The Hall–Kier alpha value is -1.84. The predicted octanol–water partition coefficient (Wildman–Crippen LogP) is 3.62. The van der Waals surface area contributed by atoms with Crippen LogP contribution >= 0.6 is 0 Å². The van der Waals surface area contributed by atoms with E-state index in [-0.39, 0.29) is 5.56 Å². The molecule has 94 valence electrons. The van der Waals surface area contributed by atoms with Crippen LogP contribution in [-0.4, -0.2) is 9.97 Å². The molecular formula is C14H14F2N2. The summed E-state index contributed by atoms with van der Waals surface area (Å²) in [4.78, 5) is 8.40. The zero-order valence-corrected chi connectivity index (χ0v) is 10.3. The van der Waals surface area contributed by atoms with E-state index in [1.54, 1.807) is 6.20 Å². The van der Waals surface area contributed by atoms with Gasteiger partial charge in [0.05, 0.1) is 17.6 Å². The van der Waals surface area contributed by atoms with Crippen molar-refractivity contribution in [1.82, 2.24) is 9.97 Å². The highest BCUT2D eigenvalue weighted by Gasteiger charge is 2.08. The summed E-state index contributed by atoms with van der Waals surface area (Å²) in [5.41, 5.74) is 1.55. The average molecular weight is 248 g/mol. The molecule has 0 atom stereocenters. The number of benzene rings is 1. The molecule has 1 aromatic heterocycles. The molecule has 0 N–H and O–H groups in total.